The Morgan fingerprint density at radius 2 is 1.44 bits per heavy atom. The van der Waals surface area contributed by atoms with Crippen LogP contribution in [-0.4, -0.2) is 4.57 Å². The zero-order chi connectivity index (χ0) is 16.7. The lowest BCUT2D eigenvalue weighted by Crippen LogP contribution is -2.18. The maximum Gasteiger partial charge on any atom is 0.0531 e. The molecule has 0 saturated carbocycles. The van der Waals surface area contributed by atoms with Gasteiger partial charge in [0.15, 0.2) is 0 Å². The van der Waals surface area contributed by atoms with Crippen molar-refractivity contribution in [2.24, 2.45) is 0 Å². The zero-order valence-corrected chi connectivity index (χ0v) is 14.2. The van der Waals surface area contributed by atoms with Crippen LogP contribution in [0.15, 0.2) is 85.5 Å². The number of fused-ring (bicyclic) bond motifs is 2. The first-order chi connectivity index (χ1) is 11.6. The molecule has 0 radical (unpaired) electrons. The molecule has 1 aromatic heterocycles. The molecule has 3 aromatic carbocycles. The molecule has 0 unspecified atom stereocenters. The third kappa shape index (κ3) is 2.76. The van der Waals surface area contributed by atoms with E-state index in [0.29, 0.717) is 0 Å². The minimum Gasteiger partial charge on any atom is -0.313 e. The monoisotopic (exact) mass is 327 g/mol. The zero-order valence-electron chi connectivity index (χ0n) is 14.2. The molecule has 0 N–H and O–H groups in total. The molecule has 0 aliphatic rings. The Hall–Kier alpha value is -2.80. The molecule has 1 heteroatoms. The minimum absolute atomic E-state index is 0. The van der Waals surface area contributed by atoms with Crippen LogP contribution in [-0.2, 0) is 5.41 Å². The molecule has 0 fully saturated rings. The molecule has 1 nitrogen and oxygen atoms in total. The molecule has 0 amide bonds. The molecule has 0 spiro atoms. The molecule has 4 rings (SSSR count). The van der Waals surface area contributed by atoms with E-state index in [1.165, 1.54) is 33.1 Å². The number of nitrogens with zero attached hydrogens (tertiary/aromatic N) is 1. The molecule has 0 aliphatic heterocycles. The van der Waals surface area contributed by atoms with Crippen LogP contribution in [0, 0.1) is 0 Å². The fourth-order valence-electron chi connectivity index (χ4n) is 3.33. The summed E-state index contributed by atoms with van der Waals surface area (Å²) in [4.78, 5) is 0. The van der Waals surface area contributed by atoms with Crippen LogP contribution in [0.3, 0.4) is 0 Å². The maximum atomic E-state index is 4.05. The second-order valence-electron chi connectivity index (χ2n) is 6.88. The predicted octanol–water partition coefficient (Wildman–Crippen LogP) is 6.88. The van der Waals surface area contributed by atoms with Gasteiger partial charge in [-0.1, -0.05) is 75.9 Å². The van der Waals surface area contributed by atoms with E-state index in [0.717, 1.165) is 0 Å². The molecule has 25 heavy (non-hydrogen) atoms. The van der Waals surface area contributed by atoms with Gasteiger partial charge in [-0.3, -0.25) is 0 Å². The van der Waals surface area contributed by atoms with Crippen LogP contribution < -0.4 is 0 Å². The quantitative estimate of drug-likeness (QED) is 0.361. The lowest BCUT2D eigenvalue weighted by atomic mass is 9.89. The molecule has 0 atom stereocenters. The molecule has 0 bridgehead atoms. The first-order valence-corrected chi connectivity index (χ1v) is 8.34. The minimum atomic E-state index is -0.106. The van der Waals surface area contributed by atoms with Crippen LogP contribution in [0.2, 0.25) is 0 Å². The second kappa shape index (κ2) is 6.25. The van der Waals surface area contributed by atoms with E-state index in [9.17, 15) is 0 Å². The summed E-state index contributed by atoms with van der Waals surface area (Å²) in [6, 6.07) is 26.0. The lowest BCUT2D eigenvalue weighted by molar-refractivity contribution is 0.632. The van der Waals surface area contributed by atoms with Crippen molar-refractivity contribution in [3.63, 3.8) is 0 Å². The maximum absolute atomic E-state index is 4.05. The highest BCUT2D eigenvalue weighted by Crippen LogP contribution is 2.34. The summed E-state index contributed by atoms with van der Waals surface area (Å²) >= 11 is 0. The summed E-state index contributed by atoms with van der Waals surface area (Å²) in [6.07, 6.45) is 2.03. The van der Waals surface area contributed by atoms with E-state index in [4.69, 9.17) is 0 Å². The molecule has 4 aromatic rings. The Kier molecular flexibility index (Phi) is 4.26. The van der Waals surface area contributed by atoms with Crippen LogP contribution >= 0.6 is 0 Å². The number of aromatic nitrogens is 1. The third-order valence-electron chi connectivity index (χ3n) is 4.87. The Labute approximate surface area is 150 Å². The SMILES string of the molecule is C.C=CC(C)(C)c1cc2ccccc2n1-c1ccc2ccccc2c1. The molecule has 0 aliphatic carbocycles. The van der Waals surface area contributed by atoms with Crippen LogP contribution in [0.4, 0.5) is 0 Å². The van der Waals surface area contributed by atoms with E-state index < -0.39 is 0 Å². The van der Waals surface area contributed by atoms with Gasteiger partial charge in [0.2, 0.25) is 0 Å². The fourth-order valence-corrected chi connectivity index (χ4v) is 3.33. The Bertz CT molecular complexity index is 1050. The number of para-hydroxylation sites is 1. The topological polar surface area (TPSA) is 4.93 Å². The van der Waals surface area contributed by atoms with Crippen molar-refractivity contribution < 1.29 is 0 Å². The lowest BCUT2D eigenvalue weighted by Gasteiger charge is -2.23. The number of allylic oxidation sites excluding steroid dienone is 1. The fraction of sp³-hybridized carbons (Fsp3) is 0.167. The summed E-state index contributed by atoms with van der Waals surface area (Å²) in [7, 11) is 0. The standard InChI is InChI=1S/C23H21N.CH4/c1-4-23(2,3)22-16-19-11-7-8-12-21(19)24(22)20-14-13-17-9-5-6-10-18(17)15-20;/h4-16H,1H2,2-3H3;1H4. The molecule has 1 heterocycles. The smallest absolute Gasteiger partial charge is 0.0531 e. The van der Waals surface area contributed by atoms with Gasteiger partial charge in [0.05, 0.1) is 5.52 Å². The van der Waals surface area contributed by atoms with Gasteiger partial charge in [0.25, 0.3) is 0 Å². The summed E-state index contributed by atoms with van der Waals surface area (Å²) < 4.78 is 2.36. The predicted molar refractivity (Wildman–Crippen MR) is 111 cm³/mol. The summed E-state index contributed by atoms with van der Waals surface area (Å²) in [5, 5.41) is 3.79. The number of hydrogen-bond donors (Lipinski definition) is 0. The Morgan fingerprint density at radius 3 is 2.16 bits per heavy atom. The molecule has 126 valence electrons. The summed E-state index contributed by atoms with van der Waals surface area (Å²) in [5.74, 6) is 0. The van der Waals surface area contributed by atoms with Gasteiger partial charge in [-0.2, -0.15) is 0 Å². The normalized spacial score (nSPS) is 11.4. The Balaban J connectivity index is 0.00000182. The van der Waals surface area contributed by atoms with Gasteiger partial charge >= 0.3 is 0 Å². The second-order valence-corrected chi connectivity index (χ2v) is 6.88. The average molecular weight is 327 g/mol. The summed E-state index contributed by atoms with van der Waals surface area (Å²) in [6.45, 7) is 8.48. The van der Waals surface area contributed by atoms with E-state index in [-0.39, 0.29) is 12.8 Å². The van der Waals surface area contributed by atoms with Gasteiger partial charge in [-0.25, -0.2) is 0 Å². The molecular weight excluding hydrogens is 302 g/mol. The van der Waals surface area contributed by atoms with Crippen LogP contribution in [0.5, 0.6) is 0 Å². The molecular formula is C24H25N. The van der Waals surface area contributed by atoms with E-state index in [2.05, 4.69) is 97.8 Å². The average Bonchev–Trinajstić information content (AvgIpc) is 3.02. The van der Waals surface area contributed by atoms with Crippen molar-refractivity contribution in [3.8, 4) is 5.69 Å². The van der Waals surface area contributed by atoms with E-state index >= 15 is 0 Å². The first kappa shape index (κ1) is 17.0. The van der Waals surface area contributed by atoms with Crippen molar-refractivity contribution in [2.75, 3.05) is 0 Å². The highest BCUT2D eigenvalue weighted by molar-refractivity contribution is 5.87. The number of benzene rings is 3. The highest BCUT2D eigenvalue weighted by atomic mass is 15.0. The van der Waals surface area contributed by atoms with Gasteiger partial charge < -0.3 is 4.57 Å². The van der Waals surface area contributed by atoms with Crippen molar-refractivity contribution in [2.45, 2.75) is 26.7 Å². The van der Waals surface area contributed by atoms with Crippen molar-refractivity contribution in [1.82, 2.24) is 4.57 Å². The van der Waals surface area contributed by atoms with Crippen LogP contribution in [0.25, 0.3) is 27.4 Å². The third-order valence-corrected chi connectivity index (χ3v) is 4.87. The Morgan fingerprint density at radius 1 is 0.800 bits per heavy atom. The van der Waals surface area contributed by atoms with Crippen molar-refractivity contribution in [3.05, 3.63) is 91.1 Å². The van der Waals surface area contributed by atoms with Crippen molar-refractivity contribution >= 4 is 21.7 Å². The number of rotatable bonds is 3. The van der Waals surface area contributed by atoms with Gasteiger partial charge in [-0.15, -0.1) is 6.58 Å². The van der Waals surface area contributed by atoms with Gasteiger partial charge in [0.1, 0.15) is 0 Å². The van der Waals surface area contributed by atoms with Gasteiger partial charge in [0, 0.05) is 22.2 Å². The van der Waals surface area contributed by atoms with E-state index in [1.807, 2.05) is 6.08 Å². The number of hydrogen-bond acceptors (Lipinski definition) is 0. The largest absolute Gasteiger partial charge is 0.313 e. The molecule has 0 saturated heterocycles. The van der Waals surface area contributed by atoms with Crippen molar-refractivity contribution in [1.29, 1.82) is 0 Å². The summed E-state index contributed by atoms with van der Waals surface area (Å²) in [5.41, 5.74) is 3.58. The van der Waals surface area contributed by atoms with Crippen LogP contribution in [0.1, 0.15) is 27.0 Å². The van der Waals surface area contributed by atoms with E-state index in [1.54, 1.807) is 0 Å². The highest BCUT2D eigenvalue weighted by Gasteiger charge is 2.23. The van der Waals surface area contributed by atoms with Gasteiger partial charge in [-0.05, 0) is 35.0 Å². The first-order valence-electron chi connectivity index (χ1n) is 8.34.